The molecule has 3 rings (SSSR count). The monoisotopic (exact) mass is 331 g/mol. The van der Waals surface area contributed by atoms with E-state index in [4.69, 9.17) is 16.9 Å². The number of nitriles is 1. The molecule has 0 atom stereocenters. The Labute approximate surface area is 132 Å². The topological polar surface area (TPSA) is 85.8 Å². The van der Waals surface area contributed by atoms with Crippen LogP contribution in [-0.2, 0) is 10.0 Å². The third kappa shape index (κ3) is 2.52. The first-order valence-corrected chi connectivity index (χ1v) is 8.16. The van der Waals surface area contributed by atoms with E-state index in [0.717, 1.165) is 0 Å². The van der Waals surface area contributed by atoms with Crippen molar-refractivity contribution < 1.29 is 8.42 Å². The molecule has 110 valence electrons. The zero-order chi connectivity index (χ0) is 15.7. The minimum Gasteiger partial charge on any atom is -0.359 e. The molecule has 1 heterocycles. The number of nitrogens with one attached hydrogen (secondary N) is 2. The van der Waals surface area contributed by atoms with Gasteiger partial charge in [-0.3, -0.25) is 4.72 Å². The lowest BCUT2D eigenvalue weighted by Gasteiger charge is -2.07. The van der Waals surface area contributed by atoms with Crippen molar-refractivity contribution >= 4 is 38.2 Å². The van der Waals surface area contributed by atoms with Crippen LogP contribution in [0.15, 0.2) is 53.6 Å². The number of halogens is 1. The lowest BCUT2D eigenvalue weighted by molar-refractivity contribution is 0.602. The highest BCUT2D eigenvalue weighted by Crippen LogP contribution is 2.29. The van der Waals surface area contributed by atoms with Gasteiger partial charge in [-0.25, -0.2) is 8.42 Å². The average molecular weight is 332 g/mol. The molecular weight excluding hydrogens is 322 g/mol. The van der Waals surface area contributed by atoms with Gasteiger partial charge in [0.1, 0.15) is 4.90 Å². The number of sulfonamides is 1. The van der Waals surface area contributed by atoms with Crippen molar-refractivity contribution in [1.29, 1.82) is 5.26 Å². The highest BCUT2D eigenvalue weighted by atomic mass is 35.5. The molecule has 22 heavy (non-hydrogen) atoms. The van der Waals surface area contributed by atoms with E-state index in [1.54, 1.807) is 30.3 Å². The molecule has 0 fully saturated rings. The van der Waals surface area contributed by atoms with Gasteiger partial charge in [-0.1, -0.05) is 23.7 Å². The van der Waals surface area contributed by atoms with E-state index in [2.05, 4.69) is 9.71 Å². The lowest BCUT2D eigenvalue weighted by Crippen LogP contribution is -2.12. The molecule has 0 bridgehead atoms. The summed E-state index contributed by atoms with van der Waals surface area (Å²) in [6.45, 7) is 0. The highest BCUT2D eigenvalue weighted by Gasteiger charge is 2.19. The van der Waals surface area contributed by atoms with Crippen molar-refractivity contribution in [3.63, 3.8) is 0 Å². The lowest BCUT2D eigenvalue weighted by atomic mass is 10.2. The Morgan fingerprint density at radius 1 is 1.14 bits per heavy atom. The molecule has 1 aromatic heterocycles. The second kappa shape index (κ2) is 5.37. The van der Waals surface area contributed by atoms with Gasteiger partial charge in [0.25, 0.3) is 10.0 Å². The second-order valence-electron chi connectivity index (χ2n) is 4.61. The summed E-state index contributed by atoms with van der Waals surface area (Å²) in [5.41, 5.74) is 1.42. The summed E-state index contributed by atoms with van der Waals surface area (Å²) in [5, 5.41) is 9.73. The Bertz CT molecular complexity index is 986. The second-order valence-corrected chi connectivity index (χ2v) is 6.67. The van der Waals surface area contributed by atoms with E-state index in [9.17, 15) is 8.42 Å². The number of benzene rings is 2. The molecule has 0 unspecified atom stereocenters. The maximum atomic E-state index is 12.5. The van der Waals surface area contributed by atoms with Crippen molar-refractivity contribution in [1.82, 2.24) is 4.98 Å². The highest BCUT2D eigenvalue weighted by molar-refractivity contribution is 7.93. The smallest absolute Gasteiger partial charge is 0.264 e. The number of H-pyrrole nitrogens is 1. The van der Waals surface area contributed by atoms with Crippen LogP contribution in [0.1, 0.15) is 5.56 Å². The van der Waals surface area contributed by atoms with Gasteiger partial charge in [0.15, 0.2) is 0 Å². The van der Waals surface area contributed by atoms with Crippen LogP contribution in [0.3, 0.4) is 0 Å². The standard InChI is InChI=1S/C15H10ClN3O2S/c16-13-3-1-2-12-14(9-18-15(12)13)22(20,21)19-11-6-4-10(8-17)5-7-11/h1-7,9,18-19H. The molecule has 0 saturated carbocycles. The number of hydrogen-bond donors (Lipinski definition) is 2. The van der Waals surface area contributed by atoms with Crippen LogP contribution in [0.4, 0.5) is 5.69 Å². The number of para-hydroxylation sites is 1. The molecule has 0 aliphatic heterocycles. The van der Waals surface area contributed by atoms with Gasteiger partial charge in [-0.15, -0.1) is 0 Å². The van der Waals surface area contributed by atoms with Gasteiger partial charge in [-0.2, -0.15) is 5.26 Å². The zero-order valence-corrected chi connectivity index (χ0v) is 12.7. The molecule has 0 radical (unpaired) electrons. The molecule has 0 aliphatic rings. The molecule has 7 heteroatoms. The molecule has 3 aromatic rings. The van der Waals surface area contributed by atoms with Gasteiger partial charge in [-0.05, 0) is 30.3 Å². The minimum absolute atomic E-state index is 0.120. The predicted octanol–water partition coefficient (Wildman–Crippen LogP) is 3.49. The van der Waals surface area contributed by atoms with Crippen molar-refractivity contribution in [3.8, 4) is 6.07 Å². The minimum atomic E-state index is -3.76. The largest absolute Gasteiger partial charge is 0.359 e. The van der Waals surface area contributed by atoms with E-state index in [1.165, 1.54) is 18.3 Å². The molecule has 0 spiro atoms. The molecule has 0 aliphatic carbocycles. The zero-order valence-electron chi connectivity index (χ0n) is 11.2. The summed E-state index contributed by atoms with van der Waals surface area (Å²) in [4.78, 5) is 2.99. The van der Waals surface area contributed by atoms with E-state index in [1.807, 2.05) is 6.07 Å². The van der Waals surface area contributed by atoms with E-state index < -0.39 is 10.0 Å². The fraction of sp³-hybridized carbons (Fsp3) is 0. The van der Waals surface area contributed by atoms with Gasteiger partial charge in [0.05, 0.1) is 22.2 Å². The third-order valence-electron chi connectivity index (χ3n) is 3.18. The number of rotatable bonds is 3. The fourth-order valence-electron chi connectivity index (χ4n) is 2.14. The van der Waals surface area contributed by atoms with Gasteiger partial charge in [0.2, 0.25) is 0 Å². The molecular formula is C15H10ClN3O2S. The van der Waals surface area contributed by atoms with Crippen molar-refractivity contribution in [2.45, 2.75) is 4.90 Å². The molecule has 0 saturated heterocycles. The summed E-state index contributed by atoms with van der Waals surface area (Å²) in [5.74, 6) is 0. The molecule has 2 N–H and O–H groups in total. The van der Waals surface area contributed by atoms with E-state index >= 15 is 0 Å². The Morgan fingerprint density at radius 2 is 1.86 bits per heavy atom. The Morgan fingerprint density at radius 3 is 2.55 bits per heavy atom. The molecule has 2 aromatic carbocycles. The summed E-state index contributed by atoms with van der Waals surface area (Å²) in [7, 11) is -3.76. The van der Waals surface area contributed by atoms with Crippen molar-refractivity contribution in [3.05, 3.63) is 59.2 Å². The van der Waals surface area contributed by atoms with Gasteiger partial charge >= 0.3 is 0 Å². The number of aromatic amines is 1. The number of anilines is 1. The number of nitrogens with zero attached hydrogens (tertiary/aromatic N) is 1. The van der Waals surface area contributed by atoms with Crippen LogP contribution < -0.4 is 4.72 Å². The van der Waals surface area contributed by atoms with Crippen LogP contribution >= 0.6 is 11.6 Å². The third-order valence-corrected chi connectivity index (χ3v) is 4.92. The summed E-state index contributed by atoms with van der Waals surface area (Å²) in [6.07, 6.45) is 1.41. The van der Waals surface area contributed by atoms with Crippen LogP contribution in [0.2, 0.25) is 5.02 Å². The number of aromatic nitrogens is 1. The first-order chi connectivity index (χ1) is 10.5. The van der Waals surface area contributed by atoms with Crippen molar-refractivity contribution in [2.24, 2.45) is 0 Å². The Balaban J connectivity index is 2.01. The van der Waals surface area contributed by atoms with Gasteiger partial charge < -0.3 is 4.98 Å². The van der Waals surface area contributed by atoms with Crippen molar-refractivity contribution in [2.75, 3.05) is 4.72 Å². The number of fused-ring (bicyclic) bond motifs is 1. The van der Waals surface area contributed by atoms with E-state index in [-0.39, 0.29) is 4.90 Å². The Kier molecular flexibility index (Phi) is 3.53. The average Bonchev–Trinajstić information content (AvgIpc) is 2.94. The van der Waals surface area contributed by atoms with Crippen LogP contribution in [0.25, 0.3) is 10.9 Å². The summed E-state index contributed by atoms with van der Waals surface area (Å²) >= 11 is 6.04. The number of hydrogen-bond acceptors (Lipinski definition) is 3. The SMILES string of the molecule is N#Cc1ccc(NS(=O)(=O)c2c[nH]c3c(Cl)cccc23)cc1. The summed E-state index contributed by atoms with van der Waals surface area (Å²) in [6, 6.07) is 13.2. The molecule has 0 amide bonds. The Hall–Kier alpha value is -2.49. The maximum Gasteiger partial charge on any atom is 0.264 e. The quantitative estimate of drug-likeness (QED) is 0.770. The first kappa shape index (κ1) is 14.4. The molecule has 5 nitrogen and oxygen atoms in total. The maximum absolute atomic E-state index is 12.5. The van der Waals surface area contributed by atoms with Crippen LogP contribution in [-0.4, -0.2) is 13.4 Å². The normalized spacial score (nSPS) is 11.3. The predicted molar refractivity (Wildman–Crippen MR) is 85.3 cm³/mol. The fourth-order valence-corrected chi connectivity index (χ4v) is 3.60. The summed E-state index contributed by atoms with van der Waals surface area (Å²) < 4.78 is 27.5. The first-order valence-electron chi connectivity index (χ1n) is 6.30. The van der Waals surface area contributed by atoms with E-state index in [0.29, 0.717) is 27.2 Å². The van der Waals surface area contributed by atoms with Gasteiger partial charge in [0, 0.05) is 17.3 Å². The van der Waals surface area contributed by atoms with Crippen LogP contribution in [0, 0.1) is 11.3 Å². The van der Waals surface area contributed by atoms with Crippen LogP contribution in [0.5, 0.6) is 0 Å².